The van der Waals surface area contributed by atoms with E-state index in [-0.39, 0.29) is 6.42 Å². The summed E-state index contributed by atoms with van der Waals surface area (Å²) in [4.78, 5) is 0. The third kappa shape index (κ3) is 3.30. The predicted octanol–water partition coefficient (Wildman–Crippen LogP) is 1.21. The lowest BCUT2D eigenvalue weighted by atomic mass is 10.2. The van der Waals surface area contributed by atoms with E-state index in [9.17, 15) is 13.2 Å². The van der Waals surface area contributed by atoms with Crippen molar-refractivity contribution in [1.82, 2.24) is 0 Å². The van der Waals surface area contributed by atoms with Gasteiger partial charge in [-0.3, -0.25) is 0 Å². The third-order valence-electron chi connectivity index (χ3n) is 0.907. The molecule has 0 amide bonds. The molecule has 0 unspecified atom stereocenters. The molecule has 0 rings (SSSR count). The van der Waals surface area contributed by atoms with Crippen molar-refractivity contribution in [1.29, 1.82) is 5.26 Å². The first-order valence-electron chi connectivity index (χ1n) is 2.60. The lowest BCUT2D eigenvalue weighted by molar-refractivity contribution is -0.204. The lowest BCUT2D eigenvalue weighted by Gasteiger charge is -2.11. The molecule has 58 valence electrons. The van der Waals surface area contributed by atoms with Crippen LogP contribution in [0.2, 0.25) is 0 Å². The minimum Gasteiger partial charge on any atom is -0.384 e. The first-order chi connectivity index (χ1) is 4.48. The van der Waals surface area contributed by atoms with Gasteiger partial charge in [-0.1, -0.05) is 0 Å². The molecule has 0 aliphatic heterocycles. The van der Waals surface area contributed by atoms with Gasteiger partial charge in [0.2, 0.25) is 0 Å². The normalized spacial score (nSPS) is 14.3. The third-order valence-corrected chi connectivity index (χ3v) is 0.907. The van der Waals surface area contributed by atoms with Crippen LogP contribution in [0, 0.1) is 11.3 Å². The summed E-state index contributed by atoms with van der Waals surface area (Å²) in [6, 6.07) is 1.51. The second-order valence-corrected chi connectivity index (χ2v) is 1.75. The summed E-state index contributed by atoms with van der Waals surface area (Å²) < 4.78 is 34.2. The highest BCUT2D eigenvalue weighted by Gasteiger charge is 2.37. The Kier molecular flexibility index (Phi) is 3.16. The van der Waals surface area contributed by atoms with E-state index in [4.69, 9.17) is 10.4 Å². The Balaban J connectivity index is 3.65. The van der Waals surface area contributed by atoms with E-state index in [1.54, 1.807) is 0 Å². The van der Waals surface area contributed by atoms with Crippen LogP contribution in [0.25, 0.3) is 0 Å². The Morgan fingerprint density at radius 3 is 2.30 bits per heavy atom. The molecule has 0 saturated carbocycles. The topological polar surface area (TPSA) is 44.0 Å². The van der Waals surface area contributed by atoms with Gasteiger partial charge in [-0.15, -0.1) is 0 Å². The van der Waals surface area contributed by atoms with Crippen LogP contribution in [0.15, 0.2) is 0 Å². The number of alkyl halides is 3. The number of aliphatic hydroxyl groups excluding tert-OH is 1. The molecule has 2 nitrogen and oxygen atoms in total. The SMILES string of the molecule is N#CCC[C@@H](O)C(F)(F)F. The molecule has 0 heterocycles. The van der Waals surface area contributed by atoms with E-state index in [0.29, 0.717) is 0 Å². The molecule has 0 aromatic rings. The second-order valence-electron chi connectivity index (χ2n) is 1.75. The Bertz CT molecular complexity index is 137. The zero-order valence-electron chi connectivity index (χ0n) is 5.02. The fraction of sp³-hybridized carbons (Fsp3) is 0.800. The van der Waals surface area contributed by atoms with Gasteiger partial charge in [-0.2, -0.15) is 18.4 Å². The van der Waals surface area contributed by atoms with Crippen LogP contribution < -0.4 is 0 Å². The highest BCUT2D eigenvalue weighted by Crippen LogP contribution is 2.22. The van der Waals surface area contributed by atoms with Gasteiger partial charge < -0.3 is 5.11 Å². The lowest BCUT2D eigenvalue weighted by Crippen LogP contribution is -2.27. The van der Waals surface area contributed by atoms with E-state index in [2.05, 4.69) is 0 Å². The molecule has 0 saturated heterocycles. The van der Waals surface area contributed by atoms with E-state index in [1.807, 2.05) is 0 Å². The number of aliphatic hydroxyl groups is 1. The average molecular weight is 153 g/mol. The maximum Gasteiger partial charge on any atom is 0.414 e. The quantitative estimate of drug-likeness (QED) is 0.648. The maximum absolute atomic E-state index is 11.4. The van der Waals surface area contributed by atoms with Crippen molar-refractivity contribution in [3.05, 3.63) is 0 Å². The molecule has 0 aromatic carbocycles. The zero-order valence-corrected chi connectivity index (χ0v) is 5.02. The summed E-state index contributed by atoms with van der Waals surface area (Å²) >= 11 is 0. The van der Waals surface area contributed by atoms with Crippen molar-refractivity contribution < 1.29 is 18.3 Å². The van der Waals surface area contributed by atoms with Gasteiger partial charge in [-0.25, -0.2) is 0 Å². The van der Waals surface area contributed by atoms with Gasteiger partial charge in [0.1, 0.15) is 0 Å². The monoisotopic (exact) mass is 153 g/mol. The highest BCUT2D eigenvalue weighted by atomic mass is 19.4. The number of hydrogen-bond acceptors (Lipinski definition) is 2. The molecule has 0 fully saturated rings. The Hall–Kier alpha value is -0.760. The van der Waals surface area contributed by atoms with E-state index in [0.717, 1.165) is 0 Å². The number of hydrogen-bond donors (Lipinski definition) is 1. The van der Waals surface area contributed by atoms with Gasteiger partial charge in [0.15, 0.2) is 6.10 Å². The van der Waals surface area contributed by atoms with Crippen molar-refractivity contribution in [3.8, 4) is 6.07 Å². The molecule has 10 heavy (non-hydrogen) atoms. The number of nitriles is 1. The molecule has 0 spiro atoms. The fourth-order valence-corrected chi connectivity index (χ4v) is 0.365. The van der Waals surface area contributed by atoms with Gasteiger partial charge in [0.25, 0.3) is 0 Å². The van der Waals surface area contributed by atoms with Crippen molar-refractivity contribution in [3.63, 3.8) is 0 Å². The van der Waals surface area contributed by atoms with Crippen LogP contribution >= 0.6 is 0 Å². The minimum atomic E-state index is -4.59. The first-order valence-corrected chi connectivity index (χ1v) is 2.60. The van der Waals surface area contributed by atoms with Crippen LogP contribution in [0.1, 0.15) is 12.8 Å². The van der Waals surface area contributed by atoms with Gasteiger partial charge in [0, 0.05) is 6.42 Å². The number of rotatable bonds is 2. The van der Waals surface area contributed by atoms with Crippen LogP contribution in [0.3, 0.4) is 0 Å². The average Bonchev–Trinajstić information content (AvgIpc) is 1.80. The molecule has 5 heteroatoms. The summed E-state index contributed by atoms with van der Waals surface area (Å²) in [6.45, 7) is 0. The molecular formula is C5H6F3NO. The summed E-state index contributed by atoms with van der Waals surface area (Å²) in [5.41, 5.74) is 0. The largest absolute Gasteiger partial charge is 0.414 e. The van der Waals surface area contributed by atoms with Gasteiger partial charge in [-0.05, 0) is 6.42 Å². The highest BCUT2D eigenvalue weighted by molar-refractivity contribution is 4.74. The zero-order chi connectivity index (χ0) is 8.20. The van der Waals surface area contributed by atoms with Gasteiger partial charge in [0.05, 0.1) is 6.07 Å². The van der Waals surface area contributed by atoms with Crippen LogP contribution in [-0.2, 0) is 0 Å². The van der Waals surface area contributed by atoms with Crippen LogP contribution in [-0.4, -0.2) is 17.4 Å². The predicted molar refractivity (Wildman–Crippen MR) is 26.9 cm³/mol. The molecule has 0 aliphatic rings. The minimum absolute atomic E-state index is 0.277. The first kappa shape index (κ1) is 9.24. The molecule has 0 aromatic heterocycles. The number of halogens is 3. The molecule has 0 aliphatic carbocycles. The standard InChI is InChI=1S/C5H6F3NO/c6-5(7,8)4(10)2-1-3-9/h4,10H,1-2H2/t4-/m1/s1. The molecule has 1 N–H and O–H groups in total. The summed E-state index contributed by atoms with van der Waals surface area (Å²) in [5, 5.41) is 16.1. The molecule has 0 bridgehead atoms. The summed E-state index contributed by atoms with van der Waals surface area (Å²) in [7, 11) is 0. The van der Waals surface area contributed by atoms with Crippen molar-refractivity contribution in [2.75, 3.05) is 0 Å². The molecule has 1 atom stereocenters. The smallest absolute Gasteiger partial charge is 0.384 e. The number of nitrogens with zero attached hydrogens (tertiary/aromatic N) is 1. The van der Waals surface area contributed by atoms with Crippen molar-refractivity contribution >= 4 is 0 Å². The van der Waals surface area contributed by atoms with Crippen molar-refractivity contribution in [2.24, 2.45) is 0 Å². The molecule has 0 radical (unpaired) electrons. The van der Waals surface area contributed by atoms with Crippen LogP contribution in [0.5, 0.6) is 0 Å². The van der Waals surface area contributed by atoms with E-state index < -0.39 is 18.7 Å². The Labute approximate surface area is 55.9 Å². The van der Waals surface area contributed by atoms with E-state index in [1.165, 1.54) is 6.07 Å². The second kappa shape index (κ2) is 3.42. The summed E-state index contributed by atoms with van der Waals surface area (Å²) in [6.07, 6.45) is -7.76. The van der Waals surface area contributed by atoms with Crippen LogP contribution in [0.4, 0.5) is 13.2 Å². The van der Waals surface area contributed by atoms with E-state index >= 15 is 0 Å². The fourth-order valence-electron chi connectivity index (χ4n) is 0.365. The van der Waals surface area contributed by atoms with Crippen molar-refractivity contribution in [2.45, 2.75) is 25.1 Å². The Morgan fingerprint density at radius 1 is 1.50 bits per heavy atom. The Morgan fingerprint density at radius 2 is 2.00 bits per heavy atom. The summed E-state index contributed by atoms with van der Waals surface area (Å²) in [5.74, 6) is 0. The molecular weight excluding hydrogens is 147 g/mol. The van der Waals surface area contributed by atoms with Gasteiger partial charge >= 0.3 is 6.18 Å². The maximum atomic E-state index is 11.4.